The average molecular weight is 295 g/mol. The van der Waals surface area contributed by atoms with E-state index in [2.05, 4.69) is 5.32 Å². The summed E-state index contributed by atoms with van der Waals surface area (Å²) in [6.07, 6.45) is 1.04. The molecular weight excluding hydrogens is 273 g/mol. The van der Waals surface area contributed by atoms with E-state index in [9.17, 15) is 19.1 Å². The Bertz CT molecular complexity index is 518. The van der Waals surface area contributed by atoms with E-state index < -0.39 is 11.5 Å². The highest BCUT2D eigenvalue weighted by molar-refractivity contribution is 5.86. The number of carboxylic acid groups (broad SMARTS) is 1. The Balaban J connectivity index is 2.73. The van der Waals surface area contributed by atoms with Crippen LogP contribution in [0.3, 0.4) is 0 Å². The van der Waals surface area contributed by atoms with Gasteiger partial charge >= 0.3 is 5.97 Å². The van der Waals surface area contributed by atoms with Gasteiger partial charge in [0.25, 0.3) is 0 Å². The van der Waals surface area contributed by atoms with Crippen molar-refractivity contribution in [2.24, 2.45) is 0 Å². The number of carboxylic acids is 1. The third kappa shape index (κ3) is 4.55. The summed E-state index contributed by atoms with van der Waals surface area (Å²) in [5.41, 5.74) is -0.819. The Morgan fingerprint density at radius 1 is 1.38 bits per heavy atom. The summed E-state index contributed by atoms with van der Waals surface area (Å²) in [6, 6.07) is 6.29. The van der Waals surface area contributed by atoms with Crippen molar-refractivity contribution in [3.8, 4) is 0 Å². The van der Waals surface area contributed by atoms with E-state index in [1.54, 1.807) is 25.1 Å². The monoisotopic (exact) mass is 295 g/mol. The van der Waals surface area contributed by atoms with Crippen LogP contribution in [0.15, 0.2) is 24.3 Å². The van der Waals surface area contributed by atoms with Gasteiger partial charge in [-0.25, -0.2) is 9.18 Å². The van der Waals surface area contributed by atoms with E-state index >= 15 is 0 Å². The van der Waals surface area contributed by atoms with Crippen molar-refractivity contribution >= 4 is 11.9 Å². The van der Waals surface area contributed by atoms with E-state index in [1.807, 2.05) is 6.92 Å². The van der Waals surface area contributed by atoms with Gasteiger partial charge in [0, 0.05) is 6.42 Å². The zero-order chi connectivity index (χ0) is 16.0. The molecule has 2 unspecified atom stereocenters. The van der Waals surface area contributed by atoms with Gasteiger partial charge in [-0.15, -0.1) is 0 Å². The maximum Gasteiger partial charge on any atom is 0.329 e. The minimum atomic E-state index is -1.28. The Kier molecular flexibility index (Phi) is 5.88. The smallest absolute Gasteiger partial charge is 0.329 e. The maximum atomic E-state index is 13.7. The Morgan fingerprint density at radius 2 is 2.00 bits per heavy atom. The van der Waals surface area contributed by atoms with Crippen molar-refractivity contribution in [3.05, 3.63) is 35.6 Å². The highest BCUT2D eigenvalue weighted by Crippen LogP contribution is 2.22. The van der Waals surface area contributed by atoms with Gasteiger partial charge in [0.2, 0.25) is 5.91 Å². The SMILES string of the molecule is CCCC(C)(NC(=O)CC(C)c1ccccc1F)C(=O)O. The molecule has 116 valence electrons. The first kappa shape index (κ1) is 17.1. The van der Waals surface area contributed by atoms with Gasteiger partial charge in [-0.05, 0) is 30.9 Å². The van der Waals surface area contributed by atoms with Crippen molar-refractivity contribution < 1.29 is 19.1 Å². The number of halogens is 1. The normalized spacial score (nSPS) is 15.0. The molecule has 0 aliphatic rings. The maximum absolute atomic E-state index is 13.7. The van der Waals surface area contributed by atoms with Gasteiger partial charge in [-0.3, -0.25) is 4.79 Å². The summed E-state index contributed by atoms with van der Waals surface area (Å²) >= 11 is 0. The minimum Gasteiger partial charge on any atom is -0.480 e. The minimum absolute atomic E-state index is 0.0491. The molecule has 0 saturated carbocycles. The van der Waals surface area contributed by atoms with Crippen molar-refractivity contribution in [3.63, 3.8) is 0 Å². The average Bonchev–Trinajstić information content (AvgIpc) is 2.38. The van der Waals surface area contributed by atoms with Gasteiger partial charge in [0.1, 0.15) is 11.4 Å². The summed E-state index contributed by atoms with van der Waals surface area (Å²) in [7, 11) is 0. The fourth-order valence-electron chi connectivity index (χ4n) is 2.34. The van der Waals surface area contributed by atoms with Crippen LogP contribution in [0.2, 0.25) is 0 Å². The van der Waals surface area contributed by atoms with Crippen molar-refractivity contribution in [2.45, 2.75) is 51.5 Å². The van der Waals surface area contributed by atoms with Crippen LogP contribution < -0.4 is 5.32 Å². The lowest BCUT2D eigenvalue weighted by molar-refractivity contribution is -0.147. The van der Waals surface area contributed by atoms with E-state index in [1.165, 1.54) is 13.0 Å². The summed E-state index contributed by atoms with van der Waals surface area (Å²) in [5, 5.41) is 11.8. The molecule has 2 N–H and O–H groups in total. The number of benzene rings is 1. The Hall–Kier alpha value is -1.91. The predicted molar refractivity (Wildman–Crippen MR) is 78.5 cm³/mol. The van der Waals surface area contributed by atoms with Crippen LogP contribution in [-0.2, 0) is 9.59 Å². The number of hydrogen-bond acceptors (Lipinski definition) is 2. The zero-order valence-electron chi connectivity index (χ0n) is 12.6. The first-order valence-corrected chi connectivity index (χ1v) is 7.09. The molecule has 2 atom stereocenters. The van der Waals surface area contributed by atoms with Gasteiger partial charge in [-0.1, -0.05) is 38.5 Å². The van der Waals surface area contributed by atoms with Crippen molar-refractivity contribution in [2.75, 3.05) is 0 Å². The summed E-state index contributed by atoms with van der Waals surface area (Å²) in [6.45, 7) is 5.09. The quantitative estimate of drug-likeness (QED) is 0.812. The molecule has 0 saturated heterocycles. The van der Waals surface area contributed by atoms with E-state index in [0.29, 0.717) is 18.4 Å². The van der Waals surface area contributed by atoms with Gasteiger partial charge in [-0.2, -0.15) is 0 Å². The Labute approximate surface area is 124 Å². The molecular formula is C16H22FNO3. The lowest BCUT2D eigenvalue weighted by Gasteiger charge is -2.26. The van der Waals surface area contributed by atoms with E-state index in [-0.39, 0.29) is 24.1 Å². The lowest BCUT2D eigenvalue weighted by atomic mass is 9.93. The number of carbonyl (C=O) groups excluding carboxylic acids is 1. The van der Waals surface area contributed by atoms with Gasteiger partial charge in [0.15, 0.2) is 0 Å². The van der Waals surface area contributed by atoms with Crippen LogP contribution in [0.1, 0.15) is 51.5 Å². The van der Waals surface area contributed by atoms with Gasteiger partial charge < -0.3 is 10.4 Å². The second-order valence-corrected chi connectivity index (χ2v) is 5.56. The molecule has 0 spiro atoms. The number of aliphatic carboxylic acids is 1. The van der Waals surface area contributed by atoms with Crippen LogP contribution >= 0.6 is 0 Å². The molecule has 0 fully saturated rings. The second kappa shape index (κ2) is 7.20. The standard InChI is InChI=1S/C16H22FNO3/c1-4-9-16(3,15(20)21)18-14(19)10-11(2)12-7-5-6-8-13(12)17/h5-8,11H,4,9-10H2,1-3H3,(H,18,19)(H,20,21). The summed E-state index contributed by atoms with van der Waals surface area (Å²) in [4.78, 5) is 23.3. The molecule has 1 aromatic carbocycles. The van der Waals surface area contributed by atoms with Gasteiger partial charge in [0.05, 0.1) is 0 Å². The second-order valence-electron chi connectivity index (χ2n) is 5.56. The number of hydrogen-bond donors (Lipinski definition) is 2. The molecule has 1 amide bonds. The summed E-state index contributed by atoms with van der Waals surface area (Å²) < 4.78 is 13.7. The molecule has 0 aliphatic carbocycles. The third-order valence-corrected chi connectivity index (χ3v) is 3.57. The van der Waals surface area contributed by atoms with Crippen LogP contribution in [0.4, 0.5) is 4.39 Å². The number of carbonyl (C=O) groups is 2. The summed E-state index contributed by atoms with van der Waals surface area (Å²) in [5.74, 6) is -2.11. The fourth-order valence-corrected chi connectivity index (χ4v) is 2.34. The number of nitrogens with one attached hydrogen (secondary N) is 1. The molecule has 1 rings (SSSR count). The molecule has 0 radical (unpaired) electrons. The van der Waals surface area contributed by atoms with Crippen molar-refractivity contribution in [1.29, 1.82) is 0 Å². The first-order valence-electron chi connectivity index (χ1n) is 7.09. The zero-order valence-corrected chi connectivity index (χ0v) is 12.6. The largest absolute Gasteiger partial charge is 0.480 e. The fraction of sp³-hybridized carbons (Fsp3) is 0.500. The van der Waals surface area contributed by atoms with Crippen LogP contribution in [-0.4, -0.2) is 22.5 Å². The Morgan fingerprint density at radius 3 is 2.52 bits per heavy atom. The highest BCUT2D eigenvalue weighted by Gasteiger charge is 2.34. The van der Waals surface area contributed by atoms with Crippen LogP contribution in [0.25, 0.3) is 0 Å². The molecule has 0 bridgehead atoms. The molecule has 1 aromatic rings. The molecule has 0 aliphatic heterocycles. The van der Waals surface area contributed by atoms with Crippen LogP contribution in [0.5, 0.6) is 0 Å². The molecule has 5 heteroatoms. The number of amides is 1. The predicted octanol–water partition coefficient (Wildman–Crippen LogP) is 3.08. The molecule has 0 heterocycles. The molecule has 4 nitrogen and oxygen atoms in total. The van der Waals surface area contributed by atoms with E-state index in [0.717, 1.165) is 0 Å². The lowest BCUT2D eigenvalue weighted by Crippen LogP contribution is -2.52. The van der Waals surface area contributed by atoms with Crippen LogP contribution in [0, 0.1) is 5.82 Å². The third-order valence-electron chi connectivity index (χ3n) is 3.57. The topological polar surface area (TPSA) is 66.4 Å². The van der Waals surface area contributed by atoms with Crippen molar-refractivity contribution in [1.82, 2.24) is 5.32 Å². The first-order chi connectivity index (χ1) is 9.80. The van der Waals surface area contributed by atoms with E-state index in [4.69, 9.17) is 0 Å². The number of rotatable bonds is 7. The molecule has 0 aromatic heterocycles. The molecule has 21 heavy (non-hydrogen) atoms. The highest BCUT2D eigenvalue weighted by atomic mass is 19.1.